The van der Waals surface area contributed by atoms with Crippen molar-refractivity contribution in [3.05, 3.63) is 28.8 Å². The summed E-state index contributed by atoms with van der Waals surface area (Å²) < 4.78 is 10.4. The maximum atomic E-state index is 12.5. The predicted octanol–water partition coefficient (Wildman–Crippen LogP) is 2.46. The number of ether oxygens (including phenoxy) is 2. The highest BCUT2D eigenvalue weighted by molar-refractivity contribution is 6.33. The molecule has 142 valence electrons. The summed E-state index contributed by atoms with van der Waals surface area (Å²) in [6, 6.07) is 4.45. The van der Waals surface area contributed by atoms with Crippen LogP contribution < -0.4 is 5.32 Å². The lowest BCUT2D eigenvalue weighted by atomic mass is 10.2. The van der Waals surface area contributed by atoms with Crippen LogP contribution in [-0.4, -0.2) is 74.3 Å². The second kappa shape index (κ2) is 8.70. The monoisotopic (exact) mass is 381 g/mol. The number of esters is 1. The number of halogens is 1. The van der Waals surface area contributed by atoms with Gasteiger partial charge in [-0.1, -0.05) is 11.6 Å². The lowest BCUT2D eigenvalue weighted by Crippen LogP contribution is -2.51. The molecule has 0 aromatic heterocycles. The van der Waals surface area contributed by atoms with Crippen molar-refractivity contribution < 1.29 is 19.1 Å². The van der Waals surface area contributed by atoms with Gasteiger partial charge in [0.15, 0.2) is 0 Å². The minimum Gasteiger partial charge on any atom is -0.465 e. The van der Waals surface area contributed by atoms with Crippen molar-refractivity contribution in [3.8, 4) is 0 Å². The Morgan fingerprint density at radius 1 is 1.31 bits per heavy atom. The van der Waals surface area contributed by atoms with Gasteiger partial charge < -0.3 is 19.7 Å². The molecule has 0 bridgehead atoms. The molecule has 2 fully saturated rings. The van der Waals surface area contributed by atoms with E-state index in [1.807, 2.05) is 0 Å². The number of methoxy groups -OCH3 is 1. The summed E-state index contributed by atoms with van der Waals surface area (Å²) in [6.45, 7) is 4.73. The summed E-state index contributed by atoms with van der Waals surface area (Å²) in [4.78, 5) is 28.3. The van der Waals surface area contributed by atoms with Crippen LogP contribution in [0.2, 0.25) is 5.02 Å². The van der Waals surface area contributed by atoms with Crippen LogP contribution in [-0.2, 0) is 9.47 Å². The molecule has 0 radical (unpaired) electrons. The van der Waals surface area contributed by atoms with Gasteiger partial charge in [-0.2, -0.15) is 0 Å². The van der Waals surface area contributed by atoms with Crippen LogP contribution in [0.5, 0.6) is 0 Å². The smallest absolute Gasteiger partial charge is 0.337 e. The maximum Gasteiger partial charge on any atom is 0.337 e. The van der Waals surface area contributed by atoms with Crippen LogP contribution >= 0.6 is 11.6 Å². The van der Waals surface area contributed by atoms with E-state index in [-0.39, 0.29) is 6.03 Å². The Morgan fingerprint density at radius 3 is 2.73 bits per heavy atom. The Balaban J connectivity index is 1.53. The van der Waals surface area contributed by atoms with Crippen LogP contribution in [0.3, 0.4) is 0 Å². The van der Waals surface area contributed by atoms with Crippen LogP contribution in [0.4, 0.5) is 10.5 Å². The van der Waals surface area contributed by atoms with Gasteiger partial charge in [-0.05, 0) is 31.0 Å². The number of hydrogen-bond donors (Lipinski definition) is 1. The molecule has 2 aliphatic heterocycles. The fourth-order valence-electron chi connectivity index (χ4n) is 3.27. The van der Waals surface area contributed by atoms with Gasteiger partial charge in [0.2, 0.25) is 0 Å². The molecule has 7 nitrogen and oxygen atoms in total. The number of hydrogen-bond acceptors (Lipinski definition) is 5. The van der Waals surface area contributed by atoms with Gasteiger partial charge in [0.1, 0.15) is 0 Å². The zero-order chi connectivity index (χ0) is 18.5. The van der Waals surface area contributed by atoms with Crippen molar-refractivity contribution in [2.24, 2.45) is 0 Å². The molecule has 0 saturated carbocycles. The normalized spacial score (nSPS) is 20.8. The number of urea groups is 1. The molecule has 0 spiro atoms. The molecule has 26 heavy (non-hydrogen) atoms. The van der Waals surface area contributed by atoms with Crippen molar-refractivity contribution in [1.29, 1.82) is 0 Å². The number of anilines is 1. The van der Waals surface area contributed by atoms with Crippen LogP contribution in [0.25, 0.3) is 0 Å². The molecule has 2 heterocycles. The number of rotatable bonds is 4. The molecular formula is C18H24ClN3O4. The largest absolute Gasteiger partial charge is 0.465 e. The molecule has 8 heteroatoms. The number of benzene rings is 1. The van der Waals surface area contributed by atoms with E-state index in [0.29, 0.717) is 35.5 Å². The second-order valence-corrected chi connectivity index (χ2v) is 6.95. The highest BCUT2D eigenvalue weighted by atomic mass is 35.5. The fraction of sp³-hybridized carbons (Fsp3) is 0.556. The van der Waals surface area contributed by atoms with Gasteiger partial charge >= 0.3 is 12.0 Å². The van der Waals surface area contributed by atoms with E-state index in [9.17, 15) is 9.59 Å². The van der Waals surface area contributed by atoms with Gasteiger partial charge in [-0.3, -0.25) is 4.90 Å². The lowest BCUT2D eigenvalue weighted by Gasteiger charge is -2.35. The van der Waals surface area contributed by atoms with Gasteiger partial charge in [0.05, 0.1) is 29.5 Å². The van der Waals surface area contributed by atoms with E-state index in [2.05, 4.69) is 10.2 Å². The van der Waals surface area contributed by atoms with E-state index in [0.717, 1.165) is 39.1 Å². The first-order chi connectivity index (χ1) is 12.6. The molecule has 1 atom stereocenters. The van der Waals surface area contributed by atoms with Gasteiger partial charge in [-0.25, -0.2) is 9.59 Å². The number of nitrogens with one attached hydrogen (secondary N) is 1. The Kier molecular flexibility index (Phi) is 6.34. The Hall–Kier alpha value is -1.83. The molecule has 2 amide bonds. The van der Waals surface area contributed by atoms with E-state index in [1.165, 1.54) is 13.2 Å². The Bertz CT molecular complexity index is 656. The lowest BCUT2D eigenvalue weighted by molar-refractivity contribution is 0.0571. The zero-order valence-corrected chi connectivity index (χ0v) is 15.6. The first-order valence-corrected chi connectivity index (χ1v) is 9.22. The topological polar surface area (TPSA) is 71.1 Å². The van der Waals surface area contributed by atoms with Gasteiger partial charge in [0, 0.05) is 39.3 Å². The standard InChI is InChI=1S/C18H24ClN3O4/c1-25-17(23)13-4-5-15(19)16(11-13)20-18(24)22-8-6-21(7-9-22)12-14-3-2-10-26-14/h4-5,11,14H,2-3,6-10,12H2,1H3,(H,20,24). The van der Waals surface area contributed by atoms with Gasteiger partial charge in [0.25, 0.3) is 0 Å². The van der Waals surface area contributed by atoms with Gasteiger partial charge in [-0.15, -0.1) is 0 Å². The molecule has 2 saturated heterocycles. The van der Waals surface area contributed by atoms with E-state index >= 15 is 0 Å². The molecule has 1 N–H and O–H groups in total. The third-order valence-electron chi connectivity index (χ3n) is 4.77. The average Bonchev–Trinajstić information content (AvgIpc) is 3.16. The summed E-state index contributed by atoms with van der Waals surface area (Å²) in [7, 11) is 1.31. The minimum atomic E-state index is -0.472. The fourth-order valence-corrected chi connectivity index (χ4v) is 3.43. The summed E-state index contributed by atoms with van der Waals surface area (Å²) in [5, 5.41) is 3.17. The van der Waals surface area contributed by atoms with Crippen LogP contribution in [0.1, 0.15) is 23.2 Å². The SMILES string of the molecule is COC(=O)c1ccc(Cl)c(NC(=O)N2CCN(CC3CCCO3)CC2)c1. The number of amides is 2. The Labute approximate surface area is 158 Å². The minimum absolute atomic E-state index is 0.217. The summed E-state index contributed by atoms with van der Waals surface area (Å²) in [6.07, 6.45) is 2.59. The summed E-state index contributed by atoms with van der Waals surface area (Å²) >= 11 is 6.14. The van der Waals surface area contributed by atoms with Crippen molar-refractivity contribution in [2.75, 3.05) is 51.8 Å². The molecule has 2 aliphatic rings. The van der Waals surface area contributed by atoms with E-state index < -0.39 is 5.97 Å². The summed E-state index contributed by atoms with van der Waals surface area (Å²) in [5.74, 6) is -0.472. The molecular weight excluding hydrogens is 358 g/mol. The van der Waals surface area contributed by atoms with Crippen molar-refractivity contribution in [1.82, 2.24) is 9.80 Å². The molecule has 0 aliphatic carbocycles. The number of nitrogens with zero attached hydrogens (tertiary/aromatic N) is 2. The third-order valence-corrected chi connectivity index (χ3v) is 5.10. The van der Waals surface area contributed by atoms with Crippen molar-refractivity contribution in [3.63, 3.8) is 0 Å². The maximum absolute atomic E-state index is 12.5. The first-order valence-electron chi connectivity index (χ1n) is 8.84. The van der Waals surface area contributed by atoms with E-state index in [1.54, 1.807) is 17.0 Å². The Morgan fingerprint density at radius 2 is 2.08 bits per heavy atom. The highest BCUT2D eigenvalue weighted by Gasteiger charge is 2.25. The zero-order valence-electron chi connectivity index (χ0n) is 14.9. The predicted molar refractivity (Wildman–Crippen MR) is 98.8 cm³/mol. The molecule has 3 rings (SSSR count). The van der Waals surface area contributed by atoms with E-state index in [4.69, 9.17) is 21.1 Å². The highest BCUT2D eigenvalue weighted by Crippen LogP contribution is 2.24. The average molecular weight is 382 g/mol. The molecule has 1 unspecified atom stereocenters. The van der Waals surface area contributed by atoms with Crippen molar-refractivity contribution in [2.45, 2.75) is 18.9 Å². The number of piperazine rings is 1. The second-order valence-electron chi connectivity index (χ2n) is 6.54. The number of carbonyl (C=O) groups is 2. The van der Waals surface area contributed by atoms with Crippen molar-refractivity contribution >= 4 is 29.3 Å². The first kappa shape index (κ1) is 18.9. The summed E-state index contributed by atoms with van der Waals surface area (Å²) in [5.41, 5.74) is 0.745. The third kappa shape index (κ3) is 4.66. The quantitative estimate of drug-likeness (QED) is 0.811. The number of carbonyl (C=O) groups excluding carboxylic acids is 2. The van der Waals surface area contributed by atoms with Crippen LogP contribution in [0.15, 0.2) is 18.2 Å². The molecule has 1 aromatic carbocycles. The van der Waals surface area contributed by atoms with Crippen LogP contribution in [0, 0.1) is 0 Å². The molecule has 1 aromatic rings.